The summed E-state index contributed by atoms with van der Waals surface area (Å²) >= 11 is 0. The van der Waals surface area contributed by atoms with Gasteiger partial charge >= 0.3 is 0 Å². The molecular formula is C22H26F2N2O3. The van der Waals surface area contributed by atoms with E-state index < -0.39 is 35.7 Å². The number of ether oxygens (including phenoxy) is 1. The quantitative estimate of drug-likeness (QED) is 0.766. The molecule has 1 atom stereocenters. The first kappa shape index (κ1) is 22.3. The molecule has 2 rings (SSSR count). The monoisotopic (exact) mass is 404 g/mol. The molecule has 2 aromatic carbocycles. The molecule has 0 spiro atoms. The van der Waals surface area contributed by atoms with Gasteiger partial charge in [-0.25, -0.2) is 8.78 Å². The lowest BCUT2D eigenvalue weighted by atomic mass is 10.1. The number of hydrogen-bond acceptors (Lipinski definition) is 3. The van der Waals surface area contributed by atoms with Crippen molar-refractivity contribution in [1.82, 2.24) is 10.2 Å². The van der Waals surface area contributed by atoms with Crippen molar-refractivity contribution in [3.63, 3.8) is 0 Å². The van der Waals surface area contributed by atoms with Crippen LogP contribution < -0.4 is 10.1 Å². The highest BCUT2D eigenvalue weighted by Gasteiger charge is 2.28. The van der Waals surface area contributed by atoms with Gasteiger partial charge in [0.25, 0.3) is 5.91 Å². The van der Waals surface area contributed by atoms with Gasteiger partial charge in [0.05, 0.1) is 0 Å². The average molecular weight is 404 g/mol. The molecule has 7 heteroatoms. The predicted molar refractivity (Wildman–Crippen MR) is 106 cm³/mol. The van der Waals surface area contributed by atoms with E-state index in [0.29, 0.717) is 5.56 Å². The van der Waals surface area contributed by atoms with E-state index in [1.54, 1.807) is 25.1 Å². The minimum Gasteiger partial charge on any atom is -0.481 e. The molecule has 2 aromatic rings. The molecule has 2 amide bonds. The largest absolute Gasteiger partial charge is 0.481 e. The average Bonchev–Trinajstić information content (AvgIpc) is 2.64. The third-order valence-corrected chi connectivity index (χ3v) is 4.12. The summed E-state index contributed by atoms with van der Waals surface area (Å²) < 4.78 is 32.3. The van der Waals surface area contributed by atoms with Crippen LogP contribution in [-0.2, 0) is 16.1 Å². The third-order valence-electron chi connectivity index (χ3n) is 4.12. The molecule has 0 aliphatic carbocycles. The van der Waals surface area contributed by atoms with E-state index in [1.165, 1.54) is 35.2 Å². The summed E-state index contributed by atoms with van der Waals surface area (Å²) in [6, 6.07) is 10.6. The Morgan fingerprint density at radius 3 is 2.28 bits per heavy atom. The summed E-state index contributed by atoms with van der Waals surface area (Å²) in [5.41, 5.74) is 0.181. The Hall–Kier alpha value is -2.96. The second kappa shape index (κ2) is 9.49. The third kappa shape index (κ3) is 6.85. The van der Waals surface area contributed by atoms with Gasteiger partial charge in [-0.15, -0.1) is 0 Å². The van der Waals surface area contributed by atoms with Crippen LogP contribution in [-0.4, -0.2) is 34.9 Å². The summed E-state index contributed by atoms with van der Waals surface area (Å²) in [5, 5.41) is 2.84. The standard InChI is InChI=1S/C22H26F2N2O3/c1-15(21(28)25-22(2,3)4)26(13-16-9-11-17(23)12-10-16)20(27)14-29-19-8-6-5-7-18(19)24/h5-12,15H,13-14H2,1-4H3,(H,25,28)/t15-/m1/s1. The number of nitrogens with one attached hydrogen (secondary N) is 1. The van der Waals surface area contributed by atoms with Crippen molar-refractivity contribution < 1.29 is 23.1 Å². The van der Waals surface area contributed by atoms with E-state index in [1.807, 2.05) is 20.8 Å². The van der Waals surface area contributed by atoms with Gasteiger partial charge in [-0.3, -0.25) is 9.59 Å². The second-order valence-corrected chi connectivity index (χ2v) is 7.78. The summed E-state index contributed by atoms with van der Waals surface area (Å²) in [4.78, 5) is 26.8. The minimum atomic E-state index is -0.809. The van der Waals surface area contributed by atoms with Crippen LogP contribution in [0.3, 0.4) is 0 Å². The summed E-state index contributed by atoms with van der Waals surface area (Å²) in [5.74, 6) is -1.85. The molecule has 0 bridgehead atoms. The van der Waals surface area contributed by atoms with Crippen LogP contribution in [0.4, 0.5) is 8.78 Å². The summed E-state index contributed by atoms with van der Waals surface area (Å²) in [6.45, 7) is 6.76. The van der Waals surface area contributed by atoms with E-state index in [2.05, 4.69) is 5.32 Å². The van der Waals surface area contributed by atoms with Crippen LogP contribution >= 0.6 is 0 Å². The van der Waals surface area contributed by atoms with Gasteiger partial charge in [0.15, 0.2) is 18.2 Å². The maximum absolute atomic E-state index is 13.7. The number of rotatable bonds is 7. The number of carbonyl (C=O) groups is 2. The van der Waals surface area contributed by atoms with Crippen molar-refractivity contribution in [1.29, 1.82) is 0 Å². The van der Waals surface area contributed by atoms with Crippen molar-refractivity contribution >= 4 is 11.8 Å². The fourth-order valence-corrected chi connectivity index (χ4v) is 2.63. The van der Waals surface area contributed by atoms with Crippen molar-refractivity contribution in [3.8, 4) is 5.75 Å². The first-order chi connectivity index (χ1) is 13.6. The minimum absolute atomic E-state index is 0.0469. The topological polar surface area (TPSA) is 58.6 Å². The second-order valence-electron chi connectivity index (χ2n) is 7.78. The zero-order chi connectivity index (χ0) is 21.6. The van der Waals surface area contributed by atoms with Gasteiger partial charge in [-0.05, 0) is 57.5 Å². The van der Waals surface area contributed by atoms with E-state index >= 15 is 0 Å². The van der Waals surface area contributed by atoms with Gasteiger partial charge < -0.3 is 15.0 Å². The van der Waals surface area contributed by atoms with E-state index in [4.69, 9.17) is 4.74 Å². The number of halogens is 2. The Morgan fingerprint density at radius 2 is 1.69 bits per heavy atom. The van der Waals surface area contributed by atoms with Crippen molar-refractivity contribution in [3.05, 3.63) is 65.7 Å². The van der Waals surface area contributed by atoms with E-state index in [0.717, 1.165) is 0 Å². The first-order valence-corrected chi connectivity index (χ1v) is 9.30. The number of benzene rings is 2. The molecule has 0 aromatic heterocycles. The number of carbonyl (C=O) groups excluding carboxylic acids is 2. The number of amides is 2. The van der Waals surface area contributed by atoms with Crippen LogP contribution in [0.2, 0.25) is 0 Å². The molecule has 5 nitrogen and oxygen atoms in total. The molecule has 0 radical (unpaired) electrons. The molecular weight excluding hydrogens is 378 g/mol. The molecule has 29 heavy (non-hydrogen) atoms. The fourth-order valence-electron chi connectivity index (χ4n) is 2.63. The van der Waals surface area contributed by atoms with E-state index in [-0.39, 0.29) is 18.2 Å². The SMILES string of the molecule is C[C@H](C(=O)NC(C)(C)C)N(Cc1ccc(F)cc1)C(=O)COc1ccccc1F. The molecule has 0 saturated heterocycles. The van der Waals surface area contributed by atoms with Gasteiger partial charge in [0.2, 0.25) is 5.91 Å². The van der Waals surface area contributed by atoms with Crippen molar-refractivity contribution in [2.45, 2.75) is 45.8 Å². The lowest BCUT2D eigenvalue weighted by Gasteiger charge is -2.31. The molecule has 0 aliphatic rings. The smallest absolute Gasteiger partial charge is 0.261 e. The molecule has 0 unspecified atom stereocenters. The van der Waals surface area contributed by atoms with Gasteiger partial charge in [0.1, 0.15) is 11.9 Å². The Kier molecular flexibility index (Phi) is 7.31. The Labute approximate surface area is 169 Å². The Balaban J connectivity index is 2.18. The van der Waals surface area contributed by atoms with Crippen LogP contribution in [0.1, 0.15) is 33.3 Å². The number of para-hydroxylation sites is 1. The molecule has 0 fully saturated rings. The normalized spacial score (nSPS) is 12.2. The maximum atomic E-state index is 13.7. The van der Waals surface area contributed by atoms with E-state index in [9.17, 15) is 18.4 Å². The van der Waals surface area contributed by atoms with Crippen molar-refractivity contribution in [2.75, 3.05) is 6.61 Å². The summed E-state index contributed by atoms with van der Waals surface area (Å²) in [6.07, 6.45) is 0. The lowest BCUT2D eigenvalue weighted by Crippen LogP contribution is -2.53. The zero-order valence-corrected chi connectivity index (χ0v) is 17.0. The maximum Gasteiger partial charge on any atom is 0.261 e. The van der Waals surface area contributed by atoms with Gasteiger partial charge in [0, 0.05) is 12.1 Å². The van der Waals surface area contributed by atoms with Crippen LogP contribution in [0, 0.1) is 11.6 Å². The highest BCUT2D eigenvalue weighted by atomic mass is 19.1. The van der Waals surface area contributed by atoms with Gasteiger partial charge in [-0.2, -0.15) is 0 Å². The zero-order valence-electron chi connectivity index (χ0n) is 17.0. The van der Waals surface area contributed by atoms with Crippen LogP contribution in [0.15, 0.2) is 48.5 Å². The lowest BCUT2D eigenvalue weighted by molar-refractivity contribution is -0.142. The molecule has 0 aliphatic heterocycles. The summed E-state index contributed by atoms with van der Waals surface area (Å²) in [7, 11) is 0. The van der Waals surface area contributed by atoms with Gasteiger partial charge in [-0.1, -0.05) is 24.3 Å². The highest BCUT2D eigenvalue weighted by Crippen LogP contribution is 2.17. The Morgan fingerprint density at radius 1 is 1.07 bits per heavy atom. The molecule has 1 N–H and O–H groups in total. The van der Waals surface area contributed by atoms with Crippen LogP contribution in [0.5, 0.6) is 5.75 Å². The number of hydrogen-bond donors (Lipinski definition) is 1. The van der Waals surface area contributed by atoms with Crippen LogP contribution in [0.25, 0.3) is 0 Å². The Bertz CT molecular complexity index is 848. The predicted octanol–water partition coefficient (Wildman–Crippen LogP) is 3.68. The first-order valence-electron chi connectivity index (χ1n) is 9.30. The molecule has 0 heterocycles. The molecule has 156 valence electrons. The van der Waals surface area contributed by atoms with Crippen molar-refractivity contribution in [2.24, 2.45) is 0 Å². The molecule has 0 saturated carbocycles. The number of nitrogens with zero attached hydrogens (tertiary/aromatic N) is 1. The fraction of sp³-hybridized carbons (Fsp3) is 0.364. The highest BCUT2D eigenvalue weighted by molar-refractivity contribution is 5.88.